The van der Waals surface area contributed by atoms with Crippen molar-refractivity contribution < 1.29 is 19.0 Å². The van der Waals surface area contributed by atoms with Crippen molar-refractivity contribution in [3.63, 3.8) is 0 Å². The molecule has 0 bridgehead atoms. The molecule has 2 atom stereocenters. The molecule has 3 rings (SSSR count). The summed E-state index contributed by atoms with van der Waals surface area (Å²) >= 11 is 0. The Kier molecular flexibility index (Phi) is 5.59. The van der Waals surface area contributed by atoms with E-state index in [1.165, 1.54) is 0 Å². The first-order chi connectivity index (χ1) is 12.9. The number of hydrogen-bond donors (Lipinski definition) is 1. The molecule has 0 aliphatic carbocycles. The van der Waals surface area contributed by atoms with E-state index >= 15 is 0 Å². The Labute approximate surface area is 160 Å². The molecule has 1 aliphatic rings. The number of methoxy groups -OCH3 is 1. The highest BCUT2D eigenvalue weighted by Gasteiger charge is 2.36. The molecule has 2 unspecified atom stereocenters. The van der Waals surface area contributed by atoms with Gasteiger partial charge in [-0.15, -0.1) is 0 Å². The quantitative estimate of drug-likeness (QED) is 0.826. The molecule has 0 saturated carbocycles. The Balaban J connectivity index is 1.80. The maximum absolute atomic E-state index is 12.9. The first kappa shape index (κ1) is 19.1. The second-order valence-electron chi connectivity index (χ2n) is 7.36. The van der Waals surface area contributed by atoms with Crippen molar-refractivity contribution in [2.75, 3.05) is 7.11 Å². The summed E-state index contributed by atoms with van der Waals surface area (Å²) in [6, 6.07) is 14.9. The monoisotopic (exact) mass is 369 g/mol. The Bertz CT molecular complexity index is 788. The second kappa shape index (κ2) is 7.91. The van der Waals surface area contributed by atoms with Gasteiger partial charge in [0.05, 0.1) is 13.2 Å². The van der Waals surface area contributed by atoms with Crippen LogP contribution >= 0.6 is 0 Å². The van der Waals surface area contributed by atoms with E-state index in [1.54, 1.807) is 7.11 Å². The van der Waals surface area contributed by atoms with Gasteiger partial charge in [0.15, 0.2) is 6.10 Å². The summed E-state index contributed by atoms with van der Waals surface area (Å²) < 4.78 is 17.3. The molecular formula is C22H27NO4. The van der Waals surface area contributed by atoms with Crippen LogP contribution < -0.4 is 19.5 Å². The summed E-state index contributed by atoms with van der Waals surface area (Å²) in [7, 11) is 1.63. The largest absolute Gasteiger partial charge is 0.497 e. The Hall–Kier alpha value is -2.69. The molecule has 0 saturated heterocycles. The molecule has 0 fully saturated rings. The minimum Gasteiger partial charge on any atom is -0.497 e. The van der Waals surface area contributed by atoms with Gasteiger partial charge in [0.1, 0.15) is 22.8 Å². The van der Waals surface area contributed by atoms with Crippen LogP contribution in [0.25, 0.3) is 0 Å². The van der Waals surface area contributed by atoms with Crippen LogP contribution in [-0.4, -0.2) is 24.7 Å². The third-order valence-electron chi connectivity index (χ3n) is 4.68. The van der Waals surface area contributed by atoms with Gasteiger partial charge in [0.2, 0.25) is 0 Å². The summed E-state index contributed by atoms with van der Waals surface area (Å²) in [6.45, 7) is 5.99. The fourth-order valence-electron chi connectivity index (χ4n) is 3.34. The number of rotatable bonds is 6. The summed E-state index contributed by atoms with van der Waals surface area (Å²) in [5, 5.41) is 3.15. The molecule has 5 heteroatoms. The minimum absolute atomic E-state index is 0.127. The third-order valence-corrected chi connectivity index (χ3v) is 4.68. The molecular weight excluding hydrogens is 342 g/mol. The van der Waals surface area contributed by atoms with Crippen molar-refractivity contribution in [3.8, 4) is 17.2 Å². The number of benzene rings is 2. The zero-order valence-electron chi connectivity index (χ0n) is 16.3. The van der Waals surface area contributed by atoms with E-state index in [0.29, 0.717) is 18.6 Å². The smallest absolute Gasteiger partial charge is 0.261 e. The van der Waals surface area contributed by atoms with Gasteiger partial charge in [-0.3, -0.25) is 4.79 Å². The Morgan fingerprint density at radius 2 is 1.96 bits per heavy atom. The van der Waals surface area contributed by atoms with Crippen molar-refractivity contribution in [2.45, 2.75) is 51.4 Å². The van der Waals surface area contributed by atoms with Gasteiger partial charge in [0, 0.05) is 12.0 Å². The van der Waals surface area contributed by atoms with E-state index in [4.69, 9.17) is 14.2 Å². The highest BCUT2D eigenvalue weighted by molar-refractivity contribution is 5.81. The molecule has 27 heavy (non-hydrogen) atoms. The number of carbonyl (C=O) groups excluding carboxylic acids is 1. The fourth-order valence-corrected chi connectivity index (χ4v) is 3.34. The van der Waals surface area contributed by atoms with Crippen LogP contribution in [0.1, 0.15) is 45.2 Å². The van der Waals surface area contributed by atoms with Crippen LogP contribution in [0.5, 0.6) is 17.2 Å². The number of fused-ring (bicyclic) bond motifs is 1. The molecule has 144 valence electrons. The summed E-state index contributed by atoms with van der Waals surface area (Å²) in [5.41, 5.74) is 0.554. The summed E-state index contributed by atoms with van der Waals surface area (Å²) in [6.07, 6.45) is 0.700. The SMILES string of the molecule is CCC(Oc1ccccc1)C(=O)NC1CC(C)(C)Oc2ccc(OC)cc21. The van der Waals surface area contributed by atoms with E-state index in [9.17, 15) is 4.79 Å². The van der Waals surface area contributed by atoms with E-state index in [0.717, 1.165) is 17.1 Å². The lowest BCUT2D eigenvalue weighted by molar-refractivity contribution is -0.129. The molecule has 0 spiro atoms. The van der Waals surface area contributed by atoms with E-state index < -0.39 is 6.10 Å². The average molecular weight is 369 g/mol. The first-order valence-electron chi connectivity index (χ1n) is 9.31. The number of hydrogen-bond acceptors (Lipinski definition) is 4. The number of carbonyl (C=O) groups is 1. The first-order valence-corrected chi connectivity index (χ1v) is 9.31. The predicted octanol–water partition coefficient (Wildman–Crippen LogP) is 4.27. The minimum atomic E-state index is -0.549. The topological polar surface area (TPSA) is 56.8 Å². The highest BCUT2D eigenvalue weighted by Crippen LogP contribution is 2.41. The summed E-state index contributed by atoms with van der Waals surface area (Å²) in [4.78, 5) is 12.9. The zero-order valence-corrected chi connectivity index (χ0v) is 16.3. The van der Waals surface area contributed by atoms with Crippen LogP contribution in [0.3, 0.4) is 0 Å². The van der Waals surface area contributed by atoms with Crippen LogP contribution in [0.4, 0.5) is 0 Å². The van der Waals surface area contributed by atoms with Crippen LogP contribution in [0.15, 0.2) is 48.5 Å². The van der Waals surface area contributed by atoms with Gasteiger partial charge in [-0.2, -0.15) is 0 Å². The van der Waals surface area contributed by atoms with Gasteiger partial charge < -0.3 is 19.5 Å². The van der Waals surface area contributed by atoms with Gasteiger partial charge in [0.25, 0.3) is 5.91 Å². The molecule has 1 aliphatic heterocycles. The molecule has 2 aromatic carbocycles. The lowest BCUT2D eigenvalue weighted by atomic mass is 9.89. The second-order valence-corrected chi connectivity index (χ2v) is 7.36. The van der Waals surface area contributed by atoms with Crippen molar-refractivity contribution in [2.24, 2.45) is 0 Å². The highest BCUT2D eigenvalue weighted by atomic mass is 16.5. The van der Waals surface area contributed by atoms with Crippen molar-refractivity contribution >= 4 is 5.91 Å². The number of ether oxygens (including phenoxy) is 3. The fraction of sp³-hybridized carbons (Fsp3) is 0.409. The number of nitrogens with one attached hydrogen (secondary N) is 1. The Morgan fingerprint density at radius 1 is 1.22 bits per heavy atom. The van der Waals surface area contributed by atoms with Crippen molar-refractivity contribution in [1.29, 1.82) is 0 Å². The normalized spacial score (nSPS) is 18.6. The molecule has 1 heterocycles. The Morgan fingerprint density at radius 3 is 2.63 bits per heavy atom. The van der Waals surface area contributed by atoms with E-state index in [1.807, 2.05) is 69.3 Å². The molecule has 1 N–H and O–H groups in total. The maximum atomic E-state index is 12.9. The van der Waals surface area contributed by atoms with E-state index in [2.05, 4.69) is 5.32 Å². The lowest BCUT2D eigenvalue weighted by Crippen LogP contribution is -2.45. The number of amides is 1. The zero-order chi connectivity index (χ0) is 19.4. The van der Waals surface area contributed by atoms with Gasteiger partial charge in [-0.25, -0.2) is 0 Å². The summed E-state index contributed by atoms with van der Waals surface area (Å²) in [5.74, 6) is 2.07. The average Bonchev–Trinajstić information content (AvgIpc) is 2.65. The van der Waals surface area contributed by atoms with Crippen LogP contribution in [0, 0.1) is 0 Å². The maximum Gasteiger partial charge on any atom is 0.261 e. The molecule has 2 aromatic rings. The van der Waals surface area contributed by atoms with Crippen LogP contribution in [0.2, 0.25) is 0 Å². The van der Waals surface area contributed by atoms with Gasteiger partial charge in [-0.05, 0) is 50.6 Å². The molecule has 1 amide bonds. The third kappa shape index (κ3) is 4.54. The predicted molar refractivity (Wildman–Crippen MR) is 104 cm³/mol. The van der Waals surface area contributed by atoms with Crippen molar-refractivity contribution in [3.05, 3.63) is 54.1 Å². The number of para-hydroxylation sites is 1. The van der Waals surface area contributed by atoms with Gasteiger partial charge in [-0.1, -0.05) is 25.1 Å². The molecule has 5 nitrogen and oxygen atoms in total. The lowest BCUT2D eigenvalue weighted by Gasteiger charge is -2.38. The van der Waals surface area contributed by atoms with Gasteiger partial charge >= 0.3 is 0 Å². The van der Waals surface area contributed by atoms with Crippen molar-refractivity contribution in [1.82, 2.24) is 5.32 Å². The van der Waals surface area contributed by atoms with Crippen LogP contribution in [-0.2, 0) is 4.79 Å². The molecule has 0 aromatic heterocycles. The van der Waals surface area contributed by atoms with E-state index in [-0.39, 0.29) is 17.6 Å². The standard InChI is InChI=1S/C22H27NO4/c1-5-19(26-15-9-7-6-8-10-15)21(24)23-18-14-22(2,3)27-20-12-11-16(25-4)13-17(18)20/h6-13,18-19H,5,14H2,1-4H3,(H,23,24). The molecule has 0 radical (unpaired) electrons.